The lowest BCUT2D eigenvalue weighted by Crippen LogP contribution is -2.43. The third kappa shape index (κ3) is 6.86. The number of nitrogen functional groups attached to an aromatic ring is 1. The molecule has 0 radical (unpaired) electrons. The second-order valence-corrected chi connectivity index (χ2v) is 7.56. The van der Waals surface area contributed by atoms with Crippen LogP contribution in [0.3, 0.4) is 0 Å². The molecule has 0 bridgehead atoms. The second-order valence-electron chi connectivity index (χ2n) is 7.56. The van der Waals surface area contributed by atoms with Crippen molar-refractivity contribution in [2.45, 2.75) is 26.0 Å². The molecule has 0 heterocycles. The number of carbonyl (C=O) groups is 3. The first-order valence-electron chi connectivity index (χ1n) is 10.8. The maximum atomic E-state index is 13.6. The van der Waals surface area contributed by atoms with Gasteiger partial charge in [0, 0.05) is 5.69 Å². The van der Waals surface area contributed by atoms with Crippen molar-refractivity contribution in [2.75, 3.05) is 12.3 Å². The molecule has 9 heteroatoms. The summed E-state index contributed by atoms with van der Waals surface area (Å²) in [5.74, 6) is -4.21. The molecule has 0 aliphatic heterocycles. The normalized spacial score (nSPS) is 11.4. The van der Waals surface area contributed by atoms with Gasteiger partial charge < -0.3 is 20.5 Å². The van der Waals surface area contributed by atoms with Crippen molar-refractivity contribution in [3.8, 4) is 11.1 Å². The predicted molar refractivity (Wildman–Crippen MR) is 125 cm³/mol. The third-order valence-corrected chi connectivity index (χ3v) is 5.04. The Labute approximate surface area is 200 Å². The Morgan fingerprint density at radius 3 is 2.26 bits per heavy atom. The summed E-state index contributed by atoms with van der Waals surface area (Å²) < 4.78 is 37.0. The zero-order chi connectivity index (χ0) is 25.4. The fourth-order valence-electron chi connectivity index (χ4n) is 3.27. The van der Waals surface area contributed by atoms with Gasteiger partial charge in [0.25, 0.3) is 5.91 Å². The molecule has 1 amide bonds. The molecule has 0 aromatic heterocycles. The van der Waals surface area contributed by atoms with Crippen molar-refractivity contribution < 1.29 is 32.6 Å². The summed E-state index contributed by atoms with van der Waals surface area (Å²) in [6.07, 6.45) is -0.431. The van der Waals surface area contributed by atoms with E-state index in [9.17, 15) is 23.2 Å². The van der Waals surface area contributed by atoms with Crippen molar-refractivity contribution >= 4 is 23.5 Å². The molecule has 3 rings (SSSR count). The molecule has 0 aliphatic carbocycles. The van der Waals surface area contributed by atoms with Crippen LogP contribution in [-0.2, 0) is 25.7 Å². The van der Waals surface area contributed by atoms with E-state index in [2.05, 4.69) is 5.32 Å². The Hall–Kier alpha value is -4.27. The summed E-state index contributed by atoms with van der Waals surface area (Å²) in [5, 5.41) is 2.47. The number of esters is 2. The van der Waals surface area contributed by atoms with Crippen LogP contribution >= 0.6 is 0 Å². The molecule has 182 valence electrons. The SMILES string of the molecule is CCOC(=O)C[C@H](NC(=O)c1ccc(-c2ccc(F)c(F)c2)cc1N)C(=O)OCc1ccccc1. The van der Waals surface area contributed by atoms with Gasteiger partial charge >= 0.3 is 11.9 Å². The number of anilines is 1. The smallest absolute Gasteiger partial charge is 0.329 e. The fraction of sp³-hybridized carbons (Fsp3) is 0.192. The number of hydrogen-bond donors (Lipinski definition) is 2. The summed E-state index contributed by atoms with van der Waals surface area (Å²) in [6.45, 7) is 1.69. The topological polar surface area (TPSA) is 108 Å². The summed E-state index contributed by atoms with van der Waals surface area (Å²) in [7, 11) is 0. The van der Waals surface area contributed by atoms with E-state index in [0.29, 0.717) is 11.1 Å². The molecule has 3 N–H and O–H groups in total. The van der Waals surface area contributed by atoms with Gasteiger partial charge in [-0.3, -0.25) is 9.59 Å². The molecule has 0 unspecified atom stereocenters. The second kappa shape index (κ2) is 11.7. The minimum atomic E-state index is -1.31. The van der Waals surface area contributed by atoms with E-state index in [4.69, 9.17) is 15.2 Å². The van der Waals surface area contributed by atoms with E-state index < -0.39 is 41.9 Å². The van der Waals surface area contributed by atoms with Gasteiger partial charge in [0.1, 0.15) is 12.6 Å². The van der Waals surface area contributed by atoms with Crippen LogP contribution in [0.1, 0.15) is 29.3 Å². The average molecular weight is 482 g/mol. The van der Waals surface area contributed by atoms with Crippen molar-refractivity contribution in [1.82, 2.24) is 5.32 Å². The van der Waals surface area contributed by atoms with Gasteiger partial charge in [0.05, 0.1) is 18.6 Å². The van der Waals surface area contributed by atoms with Crippen molar-refractivity contribution in [3.05, 3.63) is 89.5 Å². The first-order chi connectivity index (χ1) is 16.8. The monoisotopic (exact) mass is 482 g/mol. The molecule has 0 spiro atoms. The molecule has 3 aromatic carbocycles. The van der Waals surface area contributed by atoms with E-state index in [-0.39, 0.29) is 24.5 Å². The molecule has 0 saturated carbocycles. The highest BCUT2D eigenvalue weighted by molar-refractivity contribution is 6.02. The van der Waals surface area contributed by atoms with Crippen LogP contribution in [0, 0.1) is 11.6 Å². The standard InChI is InChI=1S/C26H24F2N2O5/c1-2-34-24(31)14-23(26(33)35-15-16-6-4-3-5-7-16)30-25(32)19-10-8-18(13-22(19)29)17-9-11-20(27)21(28)12-17/h3-13,23H,2,14-15,29H2,1H3,(H,30,32)/t23-/m0/s1. The highest BCUT2D eigenvalue weighted by atomic mass is 19.2. The molecule has 7 nitrogen and oxygen atoms in total. The van der Waals surface area contributed by atoms with E-state index in [1.807, 2.05) is 6.07 Å². The molecule has 35 heavy (non-hydrogen) atoms. The lowest BCUT2D eigenvalue weighted by atomic mass is 10.0. The third-order valence-electron chi connectivity index (χ3n) is 5.04. The van der Waals surface area contributed by atoms with Gasteiger partial charge in [0.15, 0.2) is 11.6 Å². The van der Waals surface area contributed by atoms with Gasteiger partial charge in [-0.2, -0.15) is 0 Å². The Bertz CT molecular complexity index is 1220. The summed E-state index contributed by atoms with van der Waals surface area (Å²) in [6, 6.07) is 15.3. The van der Waals surface area contributed by atoms with Gasteiger partial charge in [-0.15, -0.1) is 0 Å². The van der Waals surface area contributed by atoms with Crippen LogP contribution < -0.4 is 11.1 Å². The summed E-state index contributed by atoms with van der Waals surface area (Å²) >= 11 is 0. The number of amides is 1. The maximum Gasteiger partial charge on any atom is 0.329 e. The number of benzene rings is 3. The number of nitrogens with two attached hydrogens (primary N) is 1. The molecular weight excluding hydrogens is 458 g/mol. The molecule has 0 fully saturated rings. The number of ether oxygens (including phenoxy) is 2. The molecular formula is C26H24F2N2O5. The number of hydrogen-bond acceptors (Lipinski definition) is 6. The van der Waals surface area contributed by atoms with E-state index in [0.717, 1.165) is 17.7 Å². The predicted octanol–water partition coefficient (Wildman–Crippen LogP) is 4.01. The molecule has 3 aromatic rings. The van der Waals surface area contributed by atoms with Crippen LogP contribution in [0.2, 0.25) is 0 Å². The van der Waals surface area contributed by atoms with E-state index in [1.165, 1.54) is 24.3 Å². The van der Waals surface area contributed by atoms with Crippen LogP contribution in [-0.4, -0.2) is 30.5 Å². The Morgan fingerprint density at radius 2 is 1.60 bits per heavy atom. The maximum absolute atomic E-state index is 13.6. The van der Waals surface area contributed by atoms with Crippen LogP contribution in [0.4, 0.5) is 14.5 Å². The van der Waals surface area contributed by atoms with Gasteiger partial charge in [-0.25, -0.2) is 13.6 Å². The zero-order valence-corrected chi connectivity index (χ0v) is 18.9. The van der Waals surface area contributed by atoms with Crippen LogP contribution in [0.25, 0.3) is 11.1 Å². The lowest BCUT2D eigenvalue weighted by molar-refractivity contribution is -0.153. The Kier molecular flexibility index (Phi) is 8.50. The Balaban J connectivity index is 1.75. The largest absolute Gasteiger partial charge is 0.466 e. The highest BCUT2D eigenvalue weighted by Gasteiger charge is 2.27. The minimum Gasteiger partial charge on any atom is -0.466 e. The van der Waals surface area contributed by atoms with E-state index in [1.54, 1.807) is 31.2 Å². The first kappa shape index (κ1) is 25.4. The van der Waals surface area contributed by atoms with Crippen molar-refractivity contribution in [2.24, 2.45) is 0 Å². The van der Waals surface area contributed by atoms with Crippen LogP contribution in [0.5, 0.6) is 0 Å². The molecule has 1 atom stereocenters. The van der Waals surface area contributed by atoms with E-state index >= 15 is 0 Å². The number of rotatable bonds is 9. The quantitative estimate of drug-likeness (QED) is 0.353. The molecule has 0 aliphatic rings. The van der Waals surface area contributed by atoms with Gasteiger partial charge in [-0.05, 0) is 47.9 Å². The highest BCUT2D eigenvalue weighted by Crippen LogP contribution is 2.25. The van der Waals surface area contributed by atoms with Crippen LogP contribution in [0.15, 0.2) is 66.7 Å². The van der Waals surface area contributed by atoms with Crippen molar-refractivity contribution in [1.29, 1.82) is 0 Å². The lowest BCUT2D eigenvalue weighted by Gasteiger charge is -2.18. The van der Waals surface area contributed by atoms with Gasteiger partial charge in [0.2, 0.25) is 0 Å². The molecule has 0 saturated heterocycles. The van der Waals surface area contributed by atoms with Crippen molar-refractivity contribution in [3.63, 3.8) is 0 Å². The number of nitrogens with one attached hydrogen (secondary N) is 1. The fourth-order valence-corrected chi connectivity index (χ4v) is 3.27. The number of carbonyl (C=O) groups excluding carboxylic acids is 3. The Morgan fingerprint density at radius 1 is 0.914 bits per heavy atom. The van der Waals surface area contributed by atoms with Gasteiger partial charge in [-0.1, -0.05) is 42.5 Å². The summed E-state index contributed by atoms with van der Waals surface area (Å²) in [5.41, 5.74) is 7.66. The zero-order valence-electron chi connectivity index (χ0n) is 18.9. The summed E-state index contributed by atoms with van der Waals surface area (Å²) in [4.78, 5) is 37.6. The first-order valence-corrected chi connectivity index (χ1v) is 10.8. The minimum absolute atomic E-state index is 0.0288. The number of halogens is 2. The average Bonchev–Trinajstić information content (AvgIpc) is 2.84.